The lowest BCUT2D eigenvalue weighted by molar-refractivity contribution is 0.172. The maximum absolute atomic E-state index is 9.00. The highest BCUT2D eigenvalue weighted by atomic mass is 16.3. The molecule has 1 N–H and O–H groups in total. The van der Waals surface area contributed by atoms with E-state index >= 15 is 0 Å². The molecular formula is C19H24N6O. The number of aliphatic hydroxyl groups excluding tert-OH is 1. The molecule has 7 heteroatoms. The molecule has 0 atom stereocenters. The van der Waals surface area contributed by atoms with Crippen LogP contribution >= 0.6 is 0 Å². The Bertz CT molecular complexity index is 819. The van der Waals surface area contributed by atoms with Gasteiger partial charge in [-0.3, -0.25) is 4.90 Å². The number of nitrogens with zero attached hydrogens (tertiary/aromatic N) is 6. The van der Waals surface area contributed by atoms with Crippen molar-refractivity contribution < 1.29 is 5.11 Å². The third kappa shape index (κ3) is 3.84. The van der Waals surface area contributed by atoms with Gasteiger partial charge >= 0.3 is 0 Å². The summed E-state index contributed by atoms with van der Waals surface area (Å²) in [5.41, 5.74) is 3.18. The first-order chi connectivity index (χ1) is 12.8. The fraction of sp³-hybridized carbons (Fsp3) is 0.421. The minimum atomic E-state index is 0.119. The lowest BCUT2D eigenvalue weighted by Gasteiger charge is -2.31. The lowest BCUT2D eigenvalue weighted by Crippen LogP contribution is -2.34. The van der Waals surface area contributed by atoms with Crippen molar-refractivity contribution >= 4 is 0 Å². The summed E-state index contributed by atoms with van der Waals surface area (Å²) in [5.74, 6) is 0. The Morgan fingerprint density at radius 1 is 1.08 bits per heavy atom. The minimum absolute atomic E-state index is 0.119. The van der Waals surface area contributed by atoms with Gasteiger partial charge in [-0.2, -0.15) is 5.10 Å². The van der Waals surface area contributed by atoms with Gasteiger partial charge in [0.2, 0.25) is 0 Å². The fourth-order valence-electron chi connectivity index (χ4n) is 3.48. The number of rotatable bonds is 6. The summed E-state index contributed by atoms with van der Waals surface area (Å²) < 4.78 is 3.90. The van der Waals surface area contributed by atoms with E-state index in [1.165, 1.54) is 5.56 Å². The van der Waals surface area contributed by atoms with Gasteiger partial charge in [-0.15, -0.1) is 5.10 Å². The van der Waals surface area contributed by atoms with Gasteiger partial charge < -0.3 is 5.11 Å². The minimum Gasteiger partial charge on any atom is -0.396 e. The second-order valence-corrected chi connectivity index (χ2v) is 6.80. The average molecular weight is 352 g/mol. The van der Waals surface area contributed by atoms with Crippen LogP contribution in [0, 0.1) is 0 Å². The molecule has 1 aromatic carbocycles. The first-order valence-corrected chi connectivity index (χ1v) is 9.15. The maximum Gasteiger partial charge on any atom is 0.0850 e. The molecule has 136 valence electrons. The summed E-state index contributed by atoms with van der Waals surface area (Å²) >= 11 is 0. The molecule has 0 spiro atoms. The SMILES string of the molecule is OCCc1cn(C2CCN(Cc3cnn(-c4ccccc4)c3)CC2)nn1. The van der Waals surface area contributed by atoms with Gasteiger partial charge in [-0.05, 0) is 25.0 Å². The number of para-hydroxylation sites is 1. The highest BCUT2D eigenvalue weighted by molar-refractivity contribution is 5.30. The normalized spacial score (nSPS) is 16.2. The highest BCUT2D eigenvalue weighted by Crippen LogP contribution is 2.23. The Kier molecular flexibility index (Phi) is 5.08. The summed E-state index contributed by atoms with van der Waals surface area (Å²) in [6.45, 7) is 3.12. The Labute approximate surface area is 152 Å². The number of hydrogen-bond acceptors (Lipinski definition) is 5. The number of likely N-dealkylation sites (tertiary alicyclic amines) is 1. The van der Waals surface area contributed by atoms with Crippen molar-refractivity contribution in [1.82, 2.24) is 29.7 Å². The van der Waals surface area contributed by atoms with Gasteiger partial charge in [0, 0.05) is 50.6 Å². The van der Waals surface area contributed by atoms with E-state index in [4.69, 9.17) is 5.11 Å². The third-order valence-corrected chi connectivity index (χ3v) is 4.92. The van der Waals surface area contributed by atoms with Crippen molar-refractivity contribution in [3.63, 3.8) is 0 Å². The van der Waals surface area contributed by atoms with E-state index in [2.05, 4.69) is 38.6 Å². The summed E-state index contributed by atoms with van der Waals surface area (Å²) in [5, 5.41) is 21.8. The van der Waals surface area contributed by atoms with Crippen LogP contribution in [0.15, 0.2) is 48.9 Å². The quantitative estimate of drug-likeness (QED) is 0.733. The fourth-order valence-corrected chi connectivity index (χ4v) is 3.48. The second kappa shape index (κ2) is 7.80. The molecule has 26 heavy (non-hydrogen) atoms. The van der Waals surface area contributed by atoms with Crippen LogP contribution in [0.1, 0.15) is 30.1 Å². The molecule has 0 unspecified atom stereocenters. The highest BCUT2D eigenvalue weighted by Gasteiger charge is 2.22. The van der Waals surface area contributed by atoms with Crippen molar-refractivity contribution in [2.24, 2.45) is 0 Å². The van der Waals surface area contributed by atoms with Gasteiger partial charge in [0.25, 0.3) is 0 Å². The van der Waals surface area contributed by atoms with Gasteiger partial charge in [-0.1, -0.05) is 23.4 Å². The Morgan fingerprint density at radius 3 is 2.65 bits per heavy atom. The summed E-state index contributed by atoms with van der Waals surface area (Å²) in [6, 6.07) is 10.6. The van der Waals surface area contributed by atoms with Crippen LogP contribution in [0.2, 0.25) is 0 Å². The second-order valence-electron chi connectivity index (χ2n) is 6.80. The zero-order chi connectivity index (χ0) is 17.8. The maximum atomic E-state index is 9.00. The zero-order valence-corrected chi connectivity index (χ0v) is 14.8. The lowest BCUT2D eigenvalue weighted by atomic mass is 10.0. The number of aromatic nitrogens is 5. The largest absolute Gasteiger partial charge is 0.396 e. The van der Waals surface area contributed by atoms with E-state index in [0.717, 1.165) is 43.9 Å². The monoisotopic (exact) mass is 352 g/mol. The molecule has 0 amide bonds. The molecule has 1 saturated heterocycles. The summed E-state index contributed by atoms with van der Waals surface area (Å²) in [6.07, 6.45) is 8.74. The number of piperidine rings is 1. The zero-order valence-electron chi connectivity index (χ0n) is 14.8. The predicted molar refractivity (Wildman–Crippen MR) is 97.9 cm³/mol. The van der Waals surface area contributed by atoms with Crippen molar-refractivity contribution in [2.45, 2.75) is 31.8 Å². The molecule has 1 aliphatic rings. The van der Waals surface area contributed by atoms with Crippen molar-refractivity contribution in [2.75, 3.05) is 19.7 Å². The van der Waals surface area contributed by atoms with Crippen LogP contribution in [-0.4, -0.2) is 54.5 Å². The van der Waals surface area contributed by atoms with E-state index < -0.39 is 0 Å². The Balaban J connectivity index is 1.32. The van der Waals surface area contributed by atoms with E-state index in [0.29, 0.717) is 12.5 Å². The first-order valence-electron chi connectivity index (χ1n) is 9.15. The number of hydrogen-bond donors (Lipinski definition) is 1. The van der Waals surface area contributed by atoms with E-state index in [9.17, 15) is 0 Å². The molecule has 3 aromatic rings. The standard InChI is InChI=1S/C19H24N6O/c26-11-8-17-15-25(22-21-17)19-6-9-23(10-7-19)13-16-12-20-24(14-16)18-4-2-1-3-5-18/h1-5,12,14-15,19,26H,6-11,13H2. The molecule has 4 rings (SSSR count). The smallest absolute Gasteiger partial charge is 0.0850 e. The summed E-state index contributed by atoms with van der Waals surface area (Å²) in [7, 11) is 0. The Hall–Kier alpha value is -2.51. The molecule has 2 aromatic heterocycles. The van der Waals surface area contributed by atoms with Crippen molar-refractivity contribution in [1.29, 1.82) is 0 Å². The molecule has 1 aliphatic heterocycles. The van der Waals surface area contributed by atoms with Gasteiger partial charge in [0.15, 0.2) is 0 Å². The van der Waals surface area contributed by atoms with Crippen LogP contribution < -0.4 is 0 Å². The van der Waals surface area contributed by atoms with Crippen molar-refractivity contribution in [3.8, 4) is 5.69 Å². The van der Waals surface area contributed by atoms with Crippen LogP contribution in [0.3, 0.4) is 0 Å². The topological polar surface area (TPSA) is 72.0 Å². The molecule has 0 bridgehead atoms. The molecule has 0 saturated carbocycles. The molecule has 0 radical (unpaired) electrons. The Morgan fingerprint density at radius 2 is 1.88 bits per heavy atom. The van der Waals surface area contributed by atoms with Gasteiger partial charge in [0.1, 0.15) is 0 Å². The molecule has 1 fully saturated rings. The van der Waals surface area contributed by atoms with E-state index in [1.807, 2.05) is 40.0 Å². The van der Waals surface area contributed by atoms with Crippen LogP contribution in [-0.2, 0) is 13.0 Å². The molecule has 0 aliphatic carbocycles. The molecule has 7 nitrogen and oxygen atoms in total. The van der Waals surface area contributed by atoms with Gasteiger partial charge in [-0.25, -0.2) is 9.36 Å². The first kappa shape index (κ1) is 16.9. The molecule has 3 heterocycles. The van der Waals surface area contributed by atoms with Crippen LogP contribution in [0.4, 0.5) is 0 Å². The third-order valence-electron chi connectivity index (χ3n) is 4.92. The summed E-state index contributed by atoms with van der Waals surface area (Å²) in [4.78, 5) is 2.47. The van der Waals surface area contributed by atoms with Crippen LogP contribution in [0.5, 0.6) is 0 Å². The molecular weight excluding hydrogens is 328 g/mol. The average Bonchev–Trinajstić information content (AvgIpc) is 3.33. The van der Waals surface area contributed by atoms with Gasteiger partial charge in [0.05, 0.1) is 23.6 Å². The van der Waals surface area contributed by atoms with Crippen LogP contribution in [0.25, 0.3) is 5.69 Å². The van der Waals surface area contributed by atoms with E-state index in [-0.39, 0.29) is 6.61 Å². The number of aliphatic hydroxyl groups is 1. The van der Waals surface area contributed by atoms with E-state index in [1.54, 1.807) is 0 Å². The van der Waals surface area contributed by atoms with Crippen molar-refractivity contribution in [3.05, 3.63) is 60.2 Å². The number of benzene rings is 1. The predicted octanol–water partition coefficient (Wildman–Crippen LogP) is 1.84.